The fourth-order valence-electron chi connectivity index (χ4n) is 3.14. The Morgan fingerprint density at radius 2 is 1.96 bits per heavy atom. The van der Waals surface area contributed by atoms with E-state index < -0.39 is 0 Å². The van der Waals surface area contributed by atoms with Gasteiger partial charge in [-0.05, 0) is 37.6 Å². The molecule has 0 bridgehead atoms. The second-order valence-corrected chi connectivity index (χ2v) is 7.55. The SMILES string of the molecule is Cc1ccc(-n2c(SCCn3ccnc3)nc3ccccc3c2=O)c(C)c1. The summed E-state index contributed by atoms with van der Waals surface area (Å²) >= 11 is 1.59. The van der Waals surface area contributed by atoms with Crippen LogP contribution in [0, 0.1) is 13.8 Å². The maximum Gasteiger partial charge on any atom is 0.266 e. The van der Waals surface area contributed by atoms with Crippen LogP contribution in [0.2, 0.25) is 0 Å². The number of para-hydroxylation sites is 1. The minimum Gasteiger partial charge on any atom is -0.337 e. The van der Waals surface area contributed by atoms with Crippen molar-refractivity contribution >= 4 is 22.7 Å². The first-order valence-electron chi connectivity index (χ1n) is 8.81. The van der Waals surface area contributed by atoms with Gasteiger partial charge in [0.15, 0.2) is 5.16 Å². The molecule has 6 heteroatoms. The van der Waals surface area contributed by atoms with Gasteiger partial charge in [0.25, 0.3) is 5.56 Å². The van der Waals surface area contributed by atoms with E-state index >= 15 is 0 Å². The molecular weight excluding hydrogens is 356 g/mol. The first kappa shape index (κ1) is 17.5. The normalized spacial score (nSPS) is 11.2. The van der Waals surface area contributed by atoms with E-state index in [9.17, 15) is 4.79 Å². The molecule has 136 valence electrons. The molecule has 27 heavy (non-hydrogen) atoms. The van der Waals surface area contributed by atoms with Crippen molar-refractivity contribution in [3.8, 4) is 5.69 Å². The number of rotatable bonds is 5. The van der Waals surface area contributed by atoms with Gasteiger partial charge in [-0.25, -0.2) is 9.97 Å². The van der Waals surface area contributed by atoms with E-state index in [-0.39, 0.29) is 5.56 Å². The third-order valence-electron chi connectivity index (χ3n) is 4.48. The van der Waals surface area contributed by atoms with Crippen LogP contribution in [0.4, 0.5) is 0 Å². The van der Waals surface area contributed by atoms with Gasteiger partial charge in [-0.2, -0.15) is 0 Å². The van der Waals surface area contributed by atoms with Gasteiger partial charge < -0.3 is 4.57 Å². The van der Waals surface area contributed by atoms with Crippen LogP contribution in [-0.2, 0) is 6.54 Å². The molecule has 0 atom stereocenters. The largest absolute Gasteiger partial charge is 0.337 e. The Balaban J connectivity index is 1.81. The highest BCUT2D eigenvalue weighted by Crippen LogP contribution is 2.24. The summed E-state index contributed by atoms with van der Waals surface area (Å²) in [5.74, 6) is 0.798. The molecule has 0 N–H and O–H groups in total. The summed E-state index contributed by atoms with van der Waals surface area (Å²) in [5, 5.41) is 1.35. The van der Waals surface area contributed by atoms with E-state index in [0.717, 1.165) is 29.1 Å². The molecule has 0 aliphatic heterocycles. The highest BCUT2D eigenvalue weighted by molar-refractivity contribution is 7.99. The molecule has 0 saturated heterocycles. The van der Waals surface area contributed by atoms with E-state index in [4.69, 9.17) is 4.98 Å². The molecule has 2 heterocycles. The number of aromatic nitrogens is 4. The third kappa shape index (κ3) is 3.53. The lowest BCUT2D eigenvalue weighted by Crippen LogP contribution is -2.22. The van der Waals surface area contributed by atoms with Crippen LogP contribution < -0.4 is 5.56 Å². The Morgan fingerprint density at radius 3 is 2.74 bits per heavy atom. The number of fused-ring (bicyclic) bond motifs is 1. The minimum absolute atomic E-state index is 0.0299. The number of benzene rings is 2. The monoisotopic (exact) mass is 376 g/mol. The van der Waals surface area contributed by atoms with Crippen LogP contribution in [0.5, 0.6) is 0 Å². The molecule has 5 nitrogen and oxygen atoms in total. The molecule has 4 rings (SSSR count). The maximum atomic E-state index is 13.3. The van der Waals surface area contributed by atoms with Crippen LogP contribution >= 0.6 is 11.8 Å². The molecule has 2 aromatic heterocycles. The van der Waals surface area contributed by atoms with Crippen molar-refractivity contribution in [1.29, 1.82) is 0 Å². The second kappa shape index (κ2) is 7.40. The summed E-state index contributed by atoms with van der Waals surface area (Å²) in [5.41, 5.74) is 3.82. The van der Waals surface area contributed by atoms with Gasteiger partial charge in [0.2, 0.25) is 0 Å². The van der Waals surface area contributed by atoms with Gasteiger partial charge in [0, 0.05) is 24.7 Å². The predicted octanol–water partition coefficient (Wildman–Crippen LogP) is 3.99. The van der Waals surface area contributed by atoms with Crippen LogP contribution in [0.1, 0.15) is 11.1 Å². The highest BCUT2D eigenvalue weighted by Gasteiger charge is 2.14. The number of hydrogen-bond donors (Lipinski definition) is 0. The topological polar surface area (TPSA) is 52.7 Å². The zero-order valence-corrected chi connectivity index (χ0v) is 16.1. The first-order valence-corrected chi connectivity index (χ1v) is 9.80. The van der Waals surface area contributed by atoms with Gasteiger partial charge in [-0.3, -0.25) is 9.36 Å². The van der Waals surface area contributed by atoms with Crippen LogP contribution in [0.25, 0.3) is 16.6 Å². The van der Waals surface area contributed by atoms with E-state index in [0.29, 0.717) is 10.5 Å². The van der Waals surface area contributed by atoms with Crippen molar-refractivity contribution in [2.75, 3.05) is 5.75 Å². The molecule has 0 amide bonds. The zero-order valence-electron chi connectivity index (χ0n) is 15.3. The summed E-state index contributed by atoms with van der Waals surface area (Å²) in [6, 6.07) is 13.6. The van der Waals surface area contributed by atoms with Gasteiger partial charge in [0.05, 0.1) is 22.9 Å². The van der Waals surface area contributed by atoms with Crippen molar-refractivity contribution in [2.45, 2.75) is 25.5 Å². The summed E-state index contributed by atoms with van der Waals surface area (Å²) in [6.45, 7) is 4.89. The van der Waals surface area contributed by atoms with Crippen molar-refractivity contribution < 1.29 is 0 Å². The molecule has 2 aromatic carbocycles. The zero-order chi connectivity index (χ0) is 18.8. The lowest BCUT2D eigenvalue weighted by atomic mass is 10.1. The molecule has 0 aliphatic rings. The van der Waals surface area contributed by atoms with Crippen molar-refractivity contribution in [2.24, 2.45) is 0 Å². The van der Waals surface area contributed by atoms with E-state index in [2.05, 4.69) is 18.0 Å². The van der Waals surface area contributed by atoms with Crippen LogP contribution in [0.15, 0.2) is 71.1 Å². The fraction of sp³-hybridized carbons (Fsp3) is 0.190. The summed E-state index contributed by atoms with van der Waals surface area (Å²) in [7, 11) is 0. The Morgan fingerprint density at radius 1 is 1.11 bits per heavy atom. The van der Waals surface area contributed by atoms with Crippen LogP contribution in [-0.4, -0.2) is 24.9 Å². The summed E-state index contributed by atoms with van der Waals surface area (Å²) < 4.78 is 3.77. The number of nitrogens with zero attached hydrogens (tertiary/aromatic N) is 4. The van der Waals surface area contributed by atoms with Crippen molar-refractivity contribution in [1.82, 2.24) is 19.1 Å². The highest BCUT2D eigenvalue weighted by atomic mass is 32.2. The molecule has 0 radical (unpaired) electrons. The van der Waals surface area contributed by atoms with Crippen molar-refractivity contribution in [3.63, 3.8) is 0 Å². The minimum atomic E-state index is -0.0299. The maximum absolute atomic E-state index is 13.3. The first-order chi connectivity index (χ1) is 13.1. The molecule has 4 aromatic rings. The Kier molecular flexibility index (Phi) is 4.81. The molecule has 0 unspecified atom stereocenters. The second-order valence-electron chi connectivity index (χ2n) is 6.49. The molecular formula is C21H20N4OS. The Hall–Kier alpha value is -2.86. The number of aryl methyl sites for hydroxylation is 3. The Labute approximate surface area is 161 Å². The molecule has 0 aliphatic carbocycles. The summed E-state index contributed by atoms with van der Waals surface area (Å²) in [4.78, 5) is 22.1. The quantitative estimate of drug-likeness (QED) is 0.390. The Bertz CT molecular complexity index is 1150. The number of imidazole rings is 1. The molecule has 0 saturated carbocycles. The van der Waals surface area contributed by atoms with Gasteiger partial charge >= 0.3 is 0 Å². The van der Waals surface area contributed by atoms with E-state index in [1.165, 1.54) is 5.56 Å². The fourth-order valence-corrected chi connectivity index (χ4v) is 4.10. The van der Waals surface area contributed by atoms with Gasteiger partial charge in [0.1, 0.15) is 0 Å². The lowest BCUT2D eigenvalue weighted by molar-refractivity contribution is 0.762. The van der Waals surface area contributed by atoms with Gasteiger partial charge in [-0.15, -0.1) is 0 Å². The van der Waals surface area contributed by atoms with Gasteiger partial charge in [-0.1, -0.05) is 41.6 Å². The standard InChI is InChI=1S/C21H20N4OS/c1-15-7-8-19(16(2)13-15)25-20(26)17-5-3-4-6-18(17)23-21(25)27-12-11-24-10-9-22-14-24/h3-10,13-14H,11-12H2,1-2H3. The molecule has 0 fully saturated rings. The predicted molar refractivity (Wildman–Crippen MR) is 110 cm³/mol. The number of hydrogen-bond acceptors (Lipinski definition) is 4. The molecule has 0 spiro atoms. The van der Waals surface area contributed by atoms with E-state index in [1.54, 1.807) is 28.9 Å². The third-order valence-corrected chi connectivity index (χ3v) is 5.40. The summed E-state index contributed by atoms with van der Waals surface area (Å²) in [6.07, 6.45) is 5.50. The lowest BCUT2D eigenvalue weighted by Gasteiger charge is -2.15. The number of thioether (sulfide) groups is 1. The van der Waals surface area contributed by atoms with Crippen LogP contribution in [0.3, 0.4) is 0 Å². The van der Waals surface area contributed by atoms with E-state index in [1.807, 2.05) is 54.1 Å². The average molecular weight is 376 g/mol. The van der Waals surface area contributed by atoms with Crippen molar-refractivity contribution in [3.05, 3.63) is 82.7 Å². The smallest absolute Gasteiger partial charge is 0.266 e. The average Bonchev–Trinajstić information content (AvgIpc) is 3.17.